The normalized spacial score (nSPS) is 21.0. The molecule has 0 radical (unpaired) electrons. The van der Waals surface area contributed by atoms with Gasteiger partial charge >= 0.3 is 0 Å². The van der Waals surface area contributed by atoms with Crippen LogP contribution in [0.4, 0.5) is 5.13 Å². The number of hydrazone groups is 1. The van der Waals surface area contributed by atoms with Crippen LogP contribution < -0.4 is 5.32 Å². The molecule has 0 spiro atoms. The third kappa shape index (κ3) is 4.97. The van der Waals surface area contributed by atoms with Gasteiger partial charge in [0, 0.05) is 12.5 Å². The van der Waals surface area contributed by atoms with Crippen molar-refractivity contribution in [3.63, 3.8) is 0 Å². The highest BCUT2D eigenvalue weighted by molar-refractivity contribution is 8.01. The largest absolute Gasteiger partial charge is 0.467 e. The van der Waals surface area contributed by atoms with E-state index in [0.717, 1.165) is 70.9 Å². The molecule has 3 aromatic rings. The van der Waals surface area contributed by atoms with Crippen molar-refractivity contribution in [1.29, 1.82) is 0 Å². The summed E-state index contributed by atoms with van der Waals surface area (Å²) in [7, 11) is 0. The highest BCUT2D eigenvalue weighted by Gasteiger charge is 2.45. The van der Waals surface area contributed by atoms with Gasteiger partial charge in [-0.15, -0.1) is 10.2 Å². The number of anilines is 1. The van der Waals surface area contributed by atoms with Gasteiger partial charge < -0.3 is 14.2 Å². The number of aromatic nitrogens is 2. The molecule has 0 bridgehead atoms. The van der Waals surface area contributed by atoms with Gasteiger partial charge in [-0.3, -0.25) is 4.79 Å². The summed E-state index contributed by atoms with van der Waals surface area (Å²) in [5.74, 6) is 1.83. The van der Waals surface area contributed by atoms with Crippen molar-refractivity contribution in [2.24, 2.45) is 11.0 Å². The molecule has 2 aliphatic rings. The van der Waals surface area contributed by atoms with Crippen LogP contribution >= 0.6 is 23.1 Å². The van der Waals surface area contributed by atoms with E-state index in [1.807, 2.05) is 30.3 Å². The fraction of sp³-hybridized carbons (Fsp3) is 0.417. The fourth-order valence-electron chi connectivity index (χ4n) is 4.39. The average molecular weight is 498 g/mol. The summed E-state index contributed by atoms with van der Waals surface area (Å²) in [6.07, 6.45) is 10.5. The zero-order chi connectivity index (χ0) is 23.3. The maximum Gasteiger partial charge on any atom is 0.253 e. The lowest BCUT2D eigenvalue weighted by Gasteiger charge is -2.27. The lowest BCUT2D eigenvalue weighted by atomic mass is 9.79. The standard InChI is InChI=1S/C24H27N5O3S2/c1-2-3-11-25-23-26-27-24(34-23)33-15-20(30)29-22(19-10-6-13-32-19)18-9-4-7-16(21(18)28-29)14-17-8-5-12-31-17/h5-6,8,10,12-14,18,22H,2-4,7,9,11,15H2,1H3,(H,25,26)/b16-14+. The molecule has 1 saturated carbocycles. The quantitative estimate of drug-likeness (QED) is 0.292. The highest BCUT2D eigenvalue weighted by Crippen LogP contribution is 2.45. The van der Waals surface area contributed by atoms with Crippen LogP contribution in [-0.2, 0) is 4.79 Å². The molecule has 1 amide bonds. The Balaban J connectivity index is 1.33. The predicted octanol–water partition coefficient (Wildman–Crippen LogP) is 5.85. The number of hydrogen-bond donors (Lipinski definition) is 1. The summed E-state index contributed by atoms with van der Waals surface area (Å²) < 4.78 is 12.1. The molecular formula is C24H27N5O3S2. The molecule has 8 nitrogen and oxygen atoms in total. The summed E-state index contributed by atoms with van der Waals surface area (Å²) >= 11 is 2.87. The number of carbonyl (C=O) groups is 1. The SMILES string of the molecule is CCCCNc1nnc(SCC(=O)N2N=C3/C(=C/c4ccco4)CCCC3C2c2ccco2)s1. The lowest BCUT2D eigenvalue weighted by Crippen LogP contribution is -2.32. The fourth-order valence-corrected chi connectivity index (χ4v) is 6.02. The Morgan fingerprint density at radius 1 is 1.29 bits per heavy atom. The molecule has 1 aliphatic carbocycles. The number of nitrogens with zero attached hydrogens (tertiary/aromatic N) is 4. The van der Waals surface area contributed by atoms with Crippen LogP contribution in [0.3, 0.4) is 0 Å². The molecule has 178 valence electrons. The van der Waals surface area contributed by atoms with Crippen molar-refractivity contribution in [3.8, 4) is 0 Å². The second-order valence-corrected chi connectivity index (χ2v) is 10.5. The van der Waals surface area contributed by atoms with E-state index in [1.165, 1.54) is 23.1 Å². The van der Waals surface area contributed by atoms with Crippen LogP contribution in [0.5, 0.6) is 0 Å². The van der Waals surface area contributed by atoms with Gasteiger partial charge in [0.25, 0.3) is 5.91 Å². The van der Waals surface area contributed by atoms with Gasteiger partial charge in [-0.25, -0.2) is 5.01 Å². The van der Waals surface area contributed by atoms with Gasteiger partial charge in [-0.05, 0) is 61.6 Å². The van der Waals surface area contributed by atoms with Crippen LogP contribution in [0.1, 0.15) is 56.6 Å². The Morgan fingerprint density at radius 2 is 2.18 bits per heavy atom. The van der Waals surface area contributed by atoms with Crippen LogP contribution in [0.25, 0.3) is 6.08 Å². The summed E-state index contributed by atoms with van der Waals surface area (Å²) in [4.78, 5) is 13.4. The van der Waals surface area contributed by atoms with Crippen molar-refractivity contribution in [3.05, 3.63) is 53.9 Å². The Morgan fingerprint density at radius 3 is 2.97 bits per heavy atom. The highest BCUT2D eigenvalue weighted by atomic mass is 32.2. The average Bonchev–Trinajstić information content (AvgIpc) is 3.65. The number of furan rings is 2. The van der Waals surface area contributed by atoms with Crippen molar-refractivity contribution >= 4 is 45.9 Å². The van der Waals surface area contributed by atoms with Gasteiger partial charge in [-0.2, -0.15) is 5.10 Å². The van der Waals surface area contributed by atoms with Gasteiger partial charge in [-0.1, -0.05) is 36.4 Å². The summed E-state index contributed by atoms with van der Waals surface area (Å²) in [6.45, 7) is 3.03. The van der Waals surface area contributed by atoms with Gasteiger partial charge in [0.15, 0.2) is 4.34 Å². The number of carbonyl (C=O) groups excluding carboxylic acids is 1. The lowest BCUT2D eigenvalue weighted by molar-refractivity contribution is -0.131. The first-order valence-electron chi connectivity index (χ1n) is 11.6. The molecule has 34 heavy (non-hydrogen) atoms. The molecular weight excluding hydrogens is 470 g/mol. The van der Waals surface area contributed by atoms with Crippen molar-refractivity contribution in [2.45, 2.75) is 49.4 Å². The molecule has 4 heterocycles. The van der Waals surface area contributed by atoms with Crippen molar-refractivity contribution in [2.75, 3.05) is 17.6 Å². The van der Waals surface area contributed by atoms with E-state index in [-0.39, 0.29) is 23.6 Å². The summed E-state index contributed by atoms with van der Waals surface area (Å²) in [5.41, 5.74) is 2.08. The molecule has 1 fully saturated rings. The minimum Gasteiger partial charge on any atom is -0.467 e. The molecule has 0 saturated heterocycles. The van der Waals surface area contributed by atoms with Crippen molar-refractivity contribution in [1.82, 2.24) is 15.2 Å². The topological polar surface area (TPSA) is 96.8 Å². The first-order valence-corrected chi connectivity index (χ1v) is 13.4. The van der Waals surface area contributed by atoms with E-state index >= 15 is 0 Å². The molecule has 0 aromatic carbocycles. The maximum absolute atomic E-state index is 13.4. The molecule has 10 heteroatoms. The van der Waals surface area contributed by atoms with E-state index in [2.05, 4.69) is 22.4 Å². The molecule has 1 N–H and O–H groups in total. The number of thioether (sulfide) groups is 1. The molecule has 3 aromatic heterocycles. The van der Waals surface area contributed by atoms with E-state index < -0.39 is 0 Å². The summed E-state index contributed by atoms with van der Waals surface area (Å²) in [5, 5.41) is 18.9. The Bertz CT molecular complexity index is 1150. The zero-order valence-electron chi connectivity index (χ0n) is 19.0. The smallest absolute Gasteiger partial charge is 0.253 e. The predicted molar refractivity (Wildman–Crippen MR) is 134 cm³/mol. The first-order chi connectivity index (χ1) is 16.7. The minimum absolute atomic E-state index is 0.0682. The Kier molecular flexibility index (Phi) is 7.15. The Hall–Kier alpha value is -2.85. The van der Waals surface area contributed by atoms with Gasteiger partial charge in [0.05, 0.1) is 24.0 Å². The third-order valence-electron chi connectivity index (χ3n) is 5.98. The van der Waals surface area contributed by atoms with E-state index in [9.17, 15) is 4.79 Å². The number of fused-ring (bicyclic) bond motifs is 1. The first kappa shape index (κ1) is 22.9. The number of amides is 1. The number of rotatable bonds is 9. The number of hydrogen-bond acceptors (Lipinski definition) is 9. The molecule has 2 atom stereocenters. The third-order valence-corrected chi connectivity index (χ3v) is 7.98. The van der Waals surface area contributed by atoms with Gasteiger partial charge in [0.2, 0.25) is 5.13 Å². The molecule has 2 unspecified atom stereocenters. The maximum atomic E-state index is 13.4. The van der Waals surface area contributed by atoms with Crippen LogP contribution in [0.15, 0.2) is 60.6 Å². The minimum atomic E-state index is -0.237. The van der Waals surface area contributed by atoms with Crippen molar-refractivity contribution < 1.29 is 13.6 Å². The van der Waals surface area contributed by atoms with Crippen LogP contribution in [0.2, 0.25) is 0 Å². The second kappa shape index (κ2) is 10.6. The molecule has 5 rings (SSSR count). The number of nitrogens with one attached hydrogen (secondary N) is 1. The second-order valence-electron chi connectivity index (χ2n) is 8.31. The van der Waals surface area contributed by atoms with E-state index in [4.69, 9.17) is 13.9 Å². The van der Waals surface area contributed by atoms with E-state index in [1.54, 1.807) is 17.5 Å². The number of unbranched alkanes of at least 4 members (excludes halogenated alkanes) is 1. The van der Waals surface area contributed by atoms with Gasteiger partial charge in [0.1, 0.15) is 17.6 Å². The summed E-state index contributed by atoms with van der Waals surface area (Å²) in [6, 6.07) is 7.36. The van der Waals surface area contributed by atoms with Crippen LogP contribution in [0, 0.1) is 5.92 Å². The van der Waals surface area contributed by atoms with E-state index in [0.29, 0.717) is 0 Å². The molecule has 1 aliphatic heterocycles. The Labute approximate surface area is 206 Å². The monoisotopic (exact) mass is 497 g/mol. The number of allylic oxidation sites excluding steroid dienone is 1. The zero-order valence-corrected chi connectivity index (χ0v) is 20.6. The van der Waals surface area contributed by atoms with Crippen LogP contribution in [-0.4, -0.2) is 39.1 Å².